The van der Waals surface area contributed by atoms with Gasteiger partial charge < -0.3 is 52.3 Å². The maximum absolute atomic E-state index is 10.8. The number of carbonyl (C=O) groups excluding carboxylic acids is 1. The molecule has 12 nitrogen and oxygen atoms in total. The van der Waals surface area contributed by atoms with Crippen LogP contribution in [0.3, 0.4) is 0 Å². The van der Waals surface area contributed by atoms with Crippen molar-refractivity contribution in [2.45, 2.75) is 0 Å². The Hall–Kier alpha value is -1.19. The highest BCUT2D eigenvalue weighted by Gasteiger charge is 1.97. The lowest BCUT2D eigenvalue weighted by Gasteiger charge is -2.10. The second-order valence-electron chi connectivity index (χ2n) is 7.69. The fourth-order valence-corrected chi connectivity index (χ4v) is 2.37. The molecule has 0 amide bonds. The molecule has 0 aliphatic carbocycles. The van der Waals surface area contributed by atoms with Gasteiger partial charge in [0.15, 0.2) is 0 Å². The highest BCUT2D eigenvalue weighted by atomic mass is 16.6. The van der Waals surface area contributed by atoms with E-state index in [1.165, 1.54) is 0 Å². The van der Waals surface area contributed by atoms with Gasteiger partial charge in [0.2, 0.25) is 0 Å². The first-order valence-electron chi connectivity index (χ1n) is 12.8. The predicted molar refractivity (Wildman–Crippen MR) is 137 cm³/mol. The van der Waals surface area contributed by atoms with Crippen LogP contribution >= 0.6 is 0 Å². The second kappa shape index (κ2) is 31.0. The van der Waals surface area contributed by atoms with Crippen molar-refractivity contribution >= 4 is 5.97 Å². The zero-order valence-electron chi connectivity index (χ0n) is 22.9. The van der Waals surface area contributed by atoms with Gasteiger partial charge in [-0.1, -0.05) is 6.58 Å². The van der Waals surface area contributed by atoms with Crippen LogP contribution in [-0.4, -0.2) is 157 Å². The highest BCUT2D eigenvalue weighted by molar-refractivity contribution is 5.81. The molecule has 0 aliphatic rings. The van der Waals surface area contributed by atoms with Crippen LogP contribution in [0.15, 0.2) is 12.7 Å². The molecule has 0 bridgehead atoms. The lowest BCUT2D eigenvalue weighted by molar-refractivity contribution is -0.139. The van der Waals surface area contributed by atoms with Gasteiger partial charge in [-0.3, -0.25) is 0 Å². The van der Waals surface area contributed by atoms with Crippen molar-refractivity contribution < 1.29 is 52.2 Å². The summed E-state index contributed by atoms with van der Waals surface area (Å²) in [4.78, 5) is 12.9. The Balaban J connectivity index is 3.04. The third-order valence-corrected chi connectivity index (χ3v) is 4.30. The molecule has 0 aromatic heterocycles. The molecule has 0 N–H and O–H groups in total. The maximum atomic E-state index is 10.8. The minimum absolute atomic E-state index is 0.203. The zero-order chi connectivity index (χ0) is 27.1. The van der Waals surface area contributed by atoms with E-state index in [1.54, 1.807) is 0 Å². The van der Waals surface area contributed by atoms with Gasteiger partial charge in [-0.25, -0.2) is 4.79 Å². The molecule has 12 heteroatoms. The minimum atomic E-state index is -0.456. The Kier molecular flexibility index (Phi) is 30.0. The van der Waals surface area contributed by atoms with E-state index in [4.69, 9.17) is 47.4 Å². The van der Waals surface area contributed by atoms with Crippen molar-refractivity contribution in [1.29, 1.82) is 0 Å². The molecule has 37 heavy (non-hydrogen) atoms. The Morgan fingerprint density at radius 1 is 0.486 bits per heavy atom. The Bertz CT molecular complexity index is 484. The molecule has 0 saturated heterocycles. The second-order valence-corrected chi connectivity index (χ2v) is 7.69. The highest BCUT2D eigenvalue weighted by Crippen LogP contribution is 1.87. The Labute approximate surface area is 222 Å². The smallest absolute Gasteiger partial charge is 0.330 e. The van der Waals surface area contributed by atoms with Crippen molar-refractivity contribution in [1.82, 2.24) is 4.90 Å². The van der Waals surface area contributed by atoms with Gasteiger partial charge in [0.05, 0.1) is 119 Å². The lowest BCUT2D eigenvalue weighted by atomic mass is 10.6. The third kappa shape index (κ3) is 32.8. The molecule has 0 saturated carbocycles. The molecule has 220 valence electrons. The third-order valence-electron chi connectivity index (χ3n) is 4.30. The molecule has 0 atom stereocenters. The number of hydrogen-bond acceptors (Lipinski definition) is 12. The van der Waals surface area contributed by atoms with E-state index in [-0.39, 0.29) is 6.61 Å². The average Bonchev–Trinajstić information content (AvgIpc) is 2.89. The summed E-state index contributed by atoms with van der Waals surface area (Å²) in [5.41, 5.74) is 0. The van der Waals surface area contributed by atoms with Crippen molar-refractivity contribution in [3.05, 3.63) is 12.7 Å². The van der Waals surface area contributed by atoms with Gasteiger partial charge in [-0.2, -0.15) is 0 Å². The Morgan fingerprint density at radius 2 is 0.730 bits per heavy atom. The molecule has 0 fully saturated rings. The minimum Gasteiger partial charge on any atom is -0.460 e. The van der Waals surface area contributed by atoms with Crippen molar-refractivity contribution in [2.75, 3.05) is 146 Å². The van der Waals surface area contributed by atoms with Crippen LogP contribution in [0.2, 0.25) is 0 Å². The first-order valence-corrected chi connectivity index (χ1v) is 12.8. The van der Waals surface area contributed by atoms with E-state index < -0.39 is 5.97 Å². The number of carbonyl (C=O) groups is 1. The van der Waals surface area contributed by atoms with Gasteiger partial charge in [0, 0.05) is 12.6 Å². The molecule has 0 unspecified atom stereocenters. The van der Waals surface area contributed by atoms with Gasteiger partial charge in [0.25, 0.3) is 0 Å². The summed E-state index contributed by atoms with van der Waals surface area (Å²) < 4.78 is 53.4. The standard InChI is InChI=1S/C25H49NO11/c1-4-25(27)37-24-23-36-22-21-35-20-19-34-18-17-33-16-15-32-14-13-31-12-11-30-10-9-29-8-7-28-6-5-26(2)3/h4H,1,5-24H2,2-3H3. The van der Waals surface area contributed by atoms with Crippen LogP contribution in [0, 0.1) is 0 Å². The predicted octanol–water partition coefficient (Wildman–Crippen LogP) is 0.427. The fourth-order valence-electron chi connectivity index (χ4n) is 2.37. The lowest BCUT2D eigenvalue weighted by Crippen LogP contribution is -2.19. The topological polar surface area (TPSA) is 113 Å². The first kappa shape index (κ1) is 35.8. The molecule has 0 heterocycles. The summed E-state index contributed by atoms with van der Waals surface area (Å²) in [7, 11) is 4.03. The number of esters is 1. The fraction of sp³-hybridized carbons (Fsp3) is 0.880. The van der Waals surface area contributed by atoms with E-state index in [0.29, 0.717) is 119 Å². The number of rotatable bonds is 31. The number of hydrogen-bond donors (Lipinski definition) is 0. The normalized spacial score (nSPS) is 11.3. The largest absolute Gasteiger partial charge is 0.460 e. The molecule has 0 aromatic rings. The number of ether oxygens (including phenoxy) is 10. The molecule has 0 spiro atoms. The van der Waals surface area contributed by atoms with Gasteiger partial charge >= 0.3 is 5.97 Å². The SMILES string of the molecule is C=CC(=O)OCCOCCOCCOCCOCCOCCOCCOCCOCCOCCN(C)C. The van der Waals surface area contributed by atoms with E-state index in [0.717, 1.165) is 12.6 Å². The van der Waals surface area contributed by atoms with Crippen LogP contribution in [0.25, 0.3) is 0 Å². The van der Waals surface area contributed by atoms with Crippen LogP contribution in [-0.2, 0) is 52.2 Å². The monoisotopic (exact) mass is 539 g/mol. The number of nitrogens with zero attached hydrogens (tertiary/aromatic N) is 1. The van der Waals surface area contributed by atoms with Crippen LogP contribution in [0.5, 0.6) is 0 Å². The molecule has 0 radical (unpaired) electrons. The van der Waals surface area contributed by atoms with Crippen molar-refractivity contribution in [2.24, 2.45) is 0 Å². The Morgan fingerprint density at radius 3 is 0.973 bits per heavy atom. The van der Waals surface area contributed by atoms with E-state index >= 15 is 0 Å². The summed E-state index contributed by atoms with van der Waals surface area (Å²) in [5, 5.41) is 0. The first-order chi connectivity index (χ1) is 18.2. The molecular weight excluding hydrogens is 490 g/mol. The summed E-state index contributed by atoms with van der Waals surface area (Å²) in [6.07, 6.45) is 1.12. The summed E-state index contributed by atoms with van der Waals surface area (Å²) in [6.45, 7) is 13.6. The zero-order valence-corrected chi connectivity index (χ0v) is 22.9. The van der Waals surface area contributed by atoms with E-state index in [2.05, 4.69) is 11.5 Å². The summed E-state index contributed by atoms with van der Waals surface area (Å²) in [5.74, 6) is -0.456. The van der Waals surface area contributed by atoms with Gasteiger partial charge in [0.1, 0.15) is 6.61 Å². The van der Waals surface area contributed by atoms with E-state index in [9.17, 15) is 4.79 Å². The van der Waals surface area contributed by atoms with Crippen LogP contribution < -0.4 is 0 Å². The van der Waals surface area contributed by atoms with Crippen molar-refractivity contribution in [3.8, 4) is 0 Å². The van der Waals surface area contributed by atoms with Crippen LogP contribution in [0.4, 0.5) is 0 Å². The average molecular weight is 540 g/mol. The molecular formula is C25H49NO11. The molecule has 0 aromatic carbocycles. The number of likely N-dealkylation sites (N-methyl/N-ethyl adjacent to an activating group) is 1. The summed E-state index contributed by atoms with van der Waals surface area (Å²) >= 11 is 0. The summed E-state index contributed by atoms with van der Waals surface area (Å²) in [6, 6.07) is 0. The van der Waals surface area contributed by atoms with Crippen LogP contribution in [0.1, 0.15) is 0 Å². The van der Waals surface area contributed by atoms with Crippen molar-refractivity contribution in [3.63, 3.8) is 0 Å². The molecule has 0 rings (SSSR count). The molecule has 0 aliphatic heterocycles. The maximum Gasteiger partial charge on any atom is 0.330 e. The van der Waals surface area contributed by atoms with Gasteiger partial charge in [-0.15, -0.1) is 0 Å². The van der Waals surface area contributed by atoms with E-state index in [1.807, 2.05) is 14.1 Å². The quantitative estimate of drug-likeness (QED) is 0.0692. The van der Waals surface area contributed by atoms with Gasteiger partial charge in [-0.05, 0) is 14.1 Å².